The summed E-state index contributed by atoms with van der Waals surface area (Å²) in [7, 11) is 4.09. The van der Waals surface area contributed by atoms with Crippen LogP contribution in [-0.2, 0) is 0 Å². The Balaban J connectivity index is 2.66. The van der Waals surface area contributed by atoms with Crippen LogP contribution in [0.15, 0.2) is 18.2 Å². The molecule has 0 aliphatic rings. The van der Waals surface area contributed by atoms with Crippen LogP contribution < -0.4 is 5.32 Å². The molecule has 2 N–H and O–H groups in total. The van der Waals surface area contributed by atoms with Gasteiger partial charge in [-0.2, -0.15) is 0 Å². The summed E-state index contributed by atoms with van der Waals surface area (Å²) in [6.45, 7) is 5.87. The molecule has 0 amide bonds. The van der Waals surface area contributed by atoms with Gasteiger partial charge in [0.1, 0.15) is 0 Å². The summed E-state index contributed by atoms with van der Waals surface area (Å²) in [5.74, 6) is 0. The number of aliphatic hydroxyl groups is 1. The summed E-state index contributed by atoms with van der Waals surface area (Å²) in [5, 5.41) is 14.6. The lowest BCUT2D eigenvalue weighted by Crippen LogP contribution is -2.38. The molecule has 0 bridgehead atoms. The lowest BCUT2D eigenvalue weighted by atomic mass is 9.99. The minimum Gasteiger partial charge on any atom is -0.387 e. The first-order valence-electron chi connectivity index (χ1n) is 6.78. The molecular formula is C15H25ClN2O. The Morgan fingerprint density at radius 1 is 1.37 bits per heavy atom. The van der Waals surface area contributed by atoms with Gasteiger partial charge in [0, 0.05) is 24.2 Å². The number of halogens is 1. The van der Waals surface area contributed by atoms with Crippen LogP contribution >= 0.6 is 11.6 Å². The second-order valence-corrected chi connectivity index (χ2v) is 5.63. The zero-order valence-electron chi connectivity index (χ0n) is 12.3. The number of aryl methyl sites for hydroxylation is 1. The molecule has 2 atom stereocenters. The van der Waals surface area contributed by atoms with E-state index in [4.69, 9.17) is 11.6 Å². The lowest BCUT2D eigenvalue weighted by molar-refractivity contribution is 0.125. The Bertz CT molecular complexity index is 396. The summed E-state index contributed by atoms with van der Waals surface area (Å²) >= 11 is 6.01. The molecule has 0 saturated heterocycles. The number of rotatable bonds is 7. The number of nitrogens with zero attached hydrogens (tertiary/aromatic N) is 1. The maximum atomic E-state index is 10.4. The highest BCUT2D eigenvalue weighted by molar-refractivity contribution is 6.31. The van der Waals surface area contributed by atoms with E-state index in [1.807, 2.05) is 39.2 Å². The Kier molecular flexibility index (Phi) is 6.80. The van der Waals surface area contributed by atoms with Gasteiger partial charge in [-0.3, -0.25) is 0 Å². The standard InChI is InChI=1S/C15H25ClN2O/c1-5-14(17-8-9-18(3)4)15(19)12-6-7-13(16)11(2)10-12/h6-7,10,14-15,17,19H,5,8-9H2,1-4H3. The second-order valence-electron chi connectivity index (χ2n) is 5.23. The zero-order chi connectivity index (χ0) is 14.4. The first-order chi connectivity index (χ1) is 8.95. The molecule has 1 rings (SSSR count). The van der Waals surface area contributed by atoms with E-state index in [9.17, 15) is 5.11 Å². The largest absolute Gasteiger partial charge is 0.387 e. The van der Waals surface area contributed by atoms with Crippen LogP contribution in [0.25, 0.3) is 0 Å². The maximum absolute atomic E-state index is 10.4. The van der Waals surface area contributed by atoms with Gasteiger partial charge in [-0.1, -0.05) is 30.7 Å². The zero-order valence-corrected chi connectivity index (χ0v) is 13.0. The quantitative estimate of drug-likeness (QED) is 0.808. The molecule has 4 heteroatoms. The SMILES string of the molecule is CCC(NCCN(C)C)C(O)c1ccc(Cl)c(C)c1. The first-order valence-corrected chi connectivity index (χ1v) is 7.15. The molecule has 2 unspecified atom stereocenters. The predicted molar refractivity (Wildman–Crippen MR) is 81.8 cm³/mol. The summed E-state index contributed by atoms with van der Waals surface area (Å²) in [6, 6.07) is 5.78. The van der Waals surface area contributed by atoms with E-state index >= 15 is 0 Å². The Labute approximate surface area is 121 Å². The van der Waals surface area contributed by atoms with Gasteiger partial charge >= 0.3 is 0 Å². The van der Waals surface area contributed by atoms with E-state index in [1.165, 1.54) is 0 Å². The molecule has 3 nitrogen and oxygen atoms in total. The third-order valence-corrected chi connectivity index (χ3v) is 3.73. The van der Waals surface area contributed by atoms with Crippen molar-refractivity contribution in [2.45, 2.75) is 32.4 Å². The van der Waals surface area contributed by atoms with Crippen molar-refractivity contribution in [2.24, 2.45) is 0 Å². The van der Waals surface area contributed by atoms with Crippen molar-refractivity contribution in [1.29, 1.82) is 0 Å². The highest BCUT2D eigenvalue weighted by Crippen LogP contribution is 2.23. The lowest BCUT2D eigenvalue weighted by Gasteiger charge is -2.24. The summed E-state index contributed by atoms with van der Waals surface area (Å²) < 4.78 is 0. The molecule has 0 radical (unpaired) electrons. The number of benzene rings is 1. The first kappa shape index (κ1) is 16.4. The molecular weight excluding hydrogens is 260 g/mol. The van der Waals surface area contributed by atoms with Crippen molar-refractivity contribution >= 4 is 11.6 Å². The van der Waals surface area contributed by atoms with Gasteiger partial charge in [-0.15, -0.1) is 0 Å². The van der Waals surface area contributed by atoms with Crippen molar-refractivity contribution in [3.63, 3.8) is 0 Å². The smallest absolute Gasteiger partial charge is 0.0942 e. The summed E-state index contributed by atoms with van der Waals surface area (Å²) in [6.07, 6.45) is 0.388. The molecule has 0 aliphatic carbocycles. The second kappa shape index (κ2) is 7.85. The van der Waals surface area contributed by atoms with Crippen LogP contribution in [0.1, 0.15) is 30.6 Å². The van der Waals surface area contributed by atoms with Crippen LogP contribution in [0.3, 0.4) is 0 Å². The minimum absolute atomic E-state index is 0.0699. The number of hydrogen-bond donors (Lipinski definition) is 2. The number of hydrogen-bond acceptors (Lipinski definition) is 3. The third kappa shape index (κ3) is 5.11. The van der Waals surface area contributed by atoms with Crippen LogP contribution in [0.2, 0.25) is 5.02 Å². The van der Waals surface area contributed by atoms with Crippen LogP contribution in [0.5, 0.6) is 0 Å². The van der Waals surface area contributed by atoms with Gasteiger partial charge in [0.25, 0.3) is 0 Å². The summed E-state index contributed by atoms with van der Waals surface area (Å²) in [4.78, 5) is 2.12. The third-order valence-electron chi connectivity index (χ3n) is 3.31. The van der Waals surface area contributed by atoms with E-state index < -0.39 is 6.10 Å². The molecule has 108 valence electrons. The van der Waals surface area contributed by atoms with E-state index in [0.717, 1.165) is 35.7 Å². The fraction of sp³-hybridized carbons (Fsp3) is 0.600. The minimum atomic E-state index is -0.497. The monoisotopic (exact) mass is 284 g/mol. The number of likely N-dealkylation sites (N-methyl/N-ethyl adjacent to an activating group) is 1. The van der Waals surface area contributed by atoms with Gasteiger partial charge in [0.2, 0.25) is 0 Å². The predicted octanol–water partition coefficient (Wildman–Crippen LogP) is 2.61. The number of aliphatic hydroxyl groups excluding tert-OH is 1. The van der Waals surface area contributed by atoms with Crippen molar-refractivity contribution in [3.8, 4) is 0 Å². The van der Waals surface area contributed by atoms with Crippen molar-refractivity contribution in [2.75, 3.05) is 27.2 Å². The highest BCUT2D eigenvalue weighted by Gasteiger charge is 2.19. The van der Waals surface area contributed by atoms with Gasteiger partial charge in [0.05, 0.1) is 6.10 Å². The topological polar surface area (TPSA) is 35.5 Å². The molecule has 0 aromatic heterocycles. The Morgan fingerprint density at radius 3 is 2.58 bits per heavy atom. The molecule has 1 aromatic carbocycles. The Morgan fingerprint density at radius 2 is 2.05 bits per heavy atom. The average molecular weight is 285 g/mol. The van der Waals surface area contributed by atoms with Crippen LogP contribution in [0.4, 0.5) is 0 Å². The van der Waals surface area contributed by atoms with E-state index in [0.29, 0.717) is 0 Å². The molecule has 1 aromatic rings. The average Bonchev–Trinajstić information content (AvgIpc) is 2.37. The van der Waals surface area contributed by atoms with Gasteiger partial charge in [-0.25, -0.2) is 0 Å². The Hall–Kier alpha value is -0.610. The van der Waals surface area contributed by atoms with E-state index in [-0.39, 0.29) is 6.04 Å². The van der Waals surface area contributed by atoms with Crippen molar-refractivity contribution in [3.05, 3.63) is 34.3 Å². The fourth-order valence-corrected chi connectivity index (χ4v) is 2.15. The fourth-order valence-electron chi connectivity index (χ4n) is 2.04. The van der Waals surface area contributed by atoms with E-state index in [2.05, 4.69) is 17.1 Å². The van der Waals surface area contributed by atoms with Crippen LogP contribution in [0, 0.1) is 6.92 Å². The van der Waals surface area contributed by atoms with E-state index in [1.54, 1.807) is 0 Å². The molecule has 0 heterocycles. The molecule has 0 saturated carbocycles. The van der Waals surface area contributed by atoms with Crippen molar-refractivity contribution < 1.29 is 5.11 Å². The van der Waals surface area contributed by atoms with Crippen molar-refractivity contribution in [1.82, 2.24) is 10.2 Å². The molecule has 0 aliphatic heterocycles. The highest BCUT2D eigenvalue weighted by atomic mass is 35.5. The van der Waals surface area contributed by atoms with Gasteiger partial charge in [0.15, 0.2) is 0 Å². The summed E-state index contributed by atoms with van der Waals surface area (Å²) in [5.41, 5.74) is 1.92. The normalized spacial score (nSPS) is 14.7. The molecule has 0 fully saturated rings. The van der Waals surface area contributed by atoms with Crippen LogP contribution in [-0.4, -0.2) is 43.2 Å². The number of nitrogens with one attached hydrogen (secondary N) is 1. The molecule has 0 spiro atoms. The van der Waals surface area contributed by atoms with Gasteiger partial charge < -0.3 is 15.3 Å². The maximum Gasteiger partial charge on any atom is 0.0942 e. The molecule has 19 heavy (non-hydrogen) atoms. The van der Waals surface area contributed by atoms with Gasteiger partial charge in [-0.05, 0) is 44.6 Å².